The molecule has 0 aliphatic heterocycles. The Bertz CT molecular complexity index is 471. The van der Waals surface area contributed by atoms with Crippen LogP contribution in [0.3, 0.4) is 0 Å². The van der Waals surface area contributed by atoms with E-state index in [2.05, 4.69) is 15.2 Å². The first-order valence-electron chi connectivity index (χ1n) is 6.10. The number of anilines is 1. The molecule has 0 heterocycles. The molecule has 0 N–H and O–H groups in total. The van der Waals surface area contributed by atoms with Crippen molar-refractivity contribution in [2.45, 2.75) is 6.92 Å². The Hall–Kier alpha value is -2.17. The van der Waals surface area contributed by atoms with Crippen molar-refractivity contribution in [3.63, 3.8) is 0 Å². The molecule has 102 valence electrons. The minimum Gasteiger partial charge on any atom is -0.378 e. The van der Waals surface area contributed by atoms with Crippen molar-refractivity contribution in [2.24, 2.45) is 15.2 Å². The molecule has 0 saturated heterocycles. The topological polar surface area (TPSA) is 43.6 Å². The summed E-state index contributed by atoms with van der Waals surface area (Å²) < 4.78 is 0. The van der Waals surface area contributed by atoms with Gasteiger partial charge < -0.3 is 9.80 Å². The average molecular weight is 259 g/mol. The Morgan fingerprint density at radius 3 is 2.21 bits per heavy atom. The first-order valence-corrected chi connectivity index (χ1v) is 6.10. The molecule has 0 saturated carbocycles. The van der Waals surface area contributed by atoms with Gasteiger partial charge in [0.15, 0.2) is 0 Å². The van der Waals surface area contributed by atoms with Gasteiger partial charge in [0.25, 0.3) is 0 Å². The van der Waals surface area contributed by atoms with E-state index in [0.717, 1.165) is 11.4 Å². The minimum atomic E-state index is 0.565. The van der Waals surface area contributed by atoms with Gasteiger partial charge in [-0.2, -0.15) is 0 Å². The van der Waals surface area contributed by atoms with Crippen LogP contribution in [0.4, 0.5) is 11.4 Å². The summed E-state index contributed by atoms with van der Waals surface area (Å²) in [4.78, 5) is 7.95. The lowest BCUT2D eigenvalue weighted by atomic mass is 10.3. The lowest BCUT2D eigenvalue weighted by Crippen LogP contribution is -2.18. The zero-order valence-corrected chi connectivity index (χ0v) is 12.2. The van der Waals surface area contributed by atoms with Crippen LogP contribution in [0.2, 0.25) is 0 Å². The van der Waals surface area contributed by atoms with Gasteiger partial charge in [-0.3, -0.25) is 4.99 Å². The molecule has 0 radical (unpaired) electrons. The van der Waals surface area contributed by atoms with E-state index in [9.17, 15) is 0 Å². The van der Waals surface area contributed by atoms with E-state index >= 15 is 0 Å². The standard InChI is InChI=1S/C14H21N5/c1-6-11-19(5)14(15-2)17-16-12-7-9-13(10-8-12)18(3)4/h6-11H,1-5H3/b11-6-,15-14?,17-16?. The van der Waals surface area contributed by atoms with Gasteiger partial charge in [0.2, 0.25) is 5.96 Å². The van der Waals surface area contributed by atoms with Crippen molar-refractivity contribution in [1.82, 2.24) is 4.90 Å². The average Bonchev–Trinajstić information content (AvgIpc) is 2.40. The molecule has 19 heavy (non-hydrogen) atoms. The zero-order valence-electron chi connectivity index (χ0n) is 12.2. The summed E-state index contributed by atoms with van der Waals surface area (Å²) in [6.07, 6.45) is 3.81. The maximum atomic E-state index is 4.18. The number of nitrogens with zero attached hydrogens (tertiary/aromatic N) is 5. The van der Waals surface area contributed by atoms with Crippen molar-refractivity contribution < 1.29 is 0 Å². The summed E-state index contributed by atoms with van der Waals surface area (Å²) in [6, 6.07) is 7.88. The third-order valence-electron chi connectivity index (χ3n) is 2.51. The zero-order chi connectivity index (χ0) is 14.3. The summed E-state index contributed by atoms with van der Waals surface area (Å²) in [7, 11) is 7.59. The number of allylic oxidation sites excluding steroid dienone is 1. The minimum absolute atomic E-state index is 0.565. The second-order valence-electron chi connectivity index (χ2n) is 4.23. The molecule has 0 unspecified atom stereocenters. The summed E-state index contributed by atoms with van der Waals surface area (Å²) in [5.41, 5.74) is 1.94. The second-order valence-corrected chi connectivity index (χ2v) is 4.23. The highest BCUT2D eigenvalue weighted by Crippen LogP contribution is 2.18. The molecule has 5 heteroatoms. The highest BCUT2D eigenvalue weighted by atomic mass is 15.3. The molecule has 0 aliphatic rings. The van der Waals surface area contributed by atoms with E-state index in [0.29, 0.717) is 5.96 Å². The number of benzene rings is 1. The molecule has 0 amide bonds. The molecule has 1 rings (SSSR count). The van der Waals surface area contributed by atoms with Crippen molar-refractivity contribution in [3.8, 4) is 0 Å². The molecular weight excluding hydrogens is 238 g/mol. The fraction of sp³-hybridized carbons (Fsp3) is 0.357. The predicted octanol–water partition coefficient (Wildman–Crippen LogP) is 3.29. The Morgan fingerprint density at radius 1 is 1.11 bits per heavy atom. The van der Waals surface area contributed by atoms with Gasteiger partial charge in [-0.05, 0) is 31.2 Å². The van der Waals surface area contributed by atoms with Crippen LogP contribution in [-0.2, 0) is 0 Å². The lowest BCUT2D eigenvalue weighted by Gasteiger charge is -2.12. The van der Waals surface area contributed by atoms with Gasteiger partial charge in [-0.25, -0.2) is 0 Å². The molecule has 1 aromatic carbocycles. The van der Waals surface area contributed by atoms with Crippen LogP contribution in [-0.4, -0.2) is 39.1 Å². The van der Waals surface area contributed by atoms with Crippen LogP contribution < -0.4 is 4.90 Å². The van der Waals surface area contributed by atoms with Gasteiger partial charge in [0, 0.05) is 40.1 Å². The summed E-state index contributed by atoms with van der Waals surface area (Å²) in [5, 5.41) is 8.32. The fourth-order valence-corrected chi connectivity index (χ4v) is 1.48. The number of guanidine groups is 1. The molecule has 5 nitrogen and oxygen atoms in total. The van der Waals surface area contributed by atoms with Crippen LogP contribution in [0.1, 0.15) is 6.92 Å². The maximum absolute atomic E-state index is 4.18. The SMILES string of the molecule is C/C=C\N(C)C(N=Nc1ccc(N(C)C)cc1)=NC. The Labute approximate surface area is 115 Å². The fourth-order valence-electron chi connectivity index (χ4n) is 1.48. The van der Waals surface area contributed by atoms with Gasteiger partial charge in [0.1, 0.15) is 0 Å². The van der Waals surface area contributed by atoms with Crippen LogP contribution in [0.15, 0.2) is 51.8 Å². The molecule has 1 aromatic rings. The Kier molecular flexibility index (Phi) is 5.73. The molecule has 0 atom stereocenters. The van der Waals surface area contributed by atoms with Crippen molar-refractivity contribution in [3.05, 3.63) is 36.5 Å². The normalized spacial score (nSPS) is 12.4. The number of rotatable bonds is 3. The smallest absolute Gasteiger partial charge is 0.244 e. The van der Waals surface area contributed by atoms with E-state index in [-0.39, 0.29) is 0 Å². The van der Waals surface area contributed by atoms with Crippen LogP contribution in [0, 0.1) is 0 Å². The number of hydrogen-bond acceptors (Lipinski definition) is 3. The molecule has 0 fully saturated rings. The molecule has 0 bridgehead atoms. The van der Waals surface area contributed by atoms with Gasteiger partial charge in [0.05, 0.1) is 5.69 Å². The van der Waals surface area contributed by atoms with Crippen LogP contribution in [0.5, 0.6) is 0 Å². The van der Waals surface area contributed by atoms with E-state index in [4.69, 9.17) is 0 Å². The quantitative estimate of drug-likeness (QED) is 0.475. The first kappa shape index (κ1) is 14.9. The van der Waals surface area contributed by atoms with Gasteiger partial charge in [-0.15, -0.1) is 10.2 Å². The molecule has 0 spiro atoms. The highest BCUT2D eigenvalue weighted by Gasteiger charge is 2.00. The Morgan fingerprint density at radius 2 is 1.74 bits per heavy atom. The molecule has 0 aromatic heterocycles. The Balaban J connectivity index is 2.80. The van der Waals surface area contributed by atoms with Gasteiger partial charge >= 0.3 is 0 Å². The van der Waals surface area contributed by atoms with Crippen molar-refractivity contribution >= 4 is 17.3 Å². The van der Waals surface area contributed by atoms with Crippen molar-refractivity contribution in [2.75, 3.05) is 33.1 Å². The largest absolute Gasteiger partial charge is 0.378 e. The van der Waals surface area contributed by atoms with Gasteiger partial charge in [-0.1, -0.05) is 6.08 Å². The van der Waals surface area contributed by atoms with E-state index in [1.165, 1.54) is 0 Å². The third kappa shape index (κ3) is 4.54. The maximum Gasteiger partial charge on any atom is 0.244 e. The lowest BCUT2D eigenvalue weighted by molar-refractivity contribution is 0.670. The number of azo groups is 1. The monoisotopic (exact) mass is 259 g/mol. The van der Waals surface area contributed by atoms with E-state index in [1.54, 1.807) is 7.05 Å². The number of hydrogen-bond donors (Lipinski definition) is 0. The summed E-state index contributed by atoms with van der Waals surface area (Å²) >= 11 is 0. The summed E-state index contributed by atoms with van der Waals surface area (Å²) in [6.45, 7) is 1.95. The third-order valence-corrected chi connectivity index (χ3v) is 2.51. The predicted molar refractivity (Wildman–Crippen MR) is 81.2 cm³/mol. The van der Waals surface area contributed by atoms with Crippen LogP contribution in [0.25, 0.3) is 0 Å². The highest BCUT2D eigenvalue weighted by molar-refractivity contribution is 5.81. The summed E-state index contributed by atoms with van der Waals surface area (Å²) in [5.74, 6) is 0.565. The number of aliphatic imine (C=N–C) groups is 1. The van der Waals surface area contributed by atoms with Crippen LogP contribution >= 0.6 is 0 Å². The van der Waals surface area contributed by atoms with Crippen molar-refractivity contribution in [1.29, 1.82) is 0 Å². The second kappa shape index (κ2) is 7.31. The van der Waals surface area contributed by atoms with E-state index in [1.807, 2.05) is 74.4 Å². The molecular formula is C14H21N5. The van der Waals surface area contributed by atoms with E-state index < -0.39 is 0 Å². The molecule has 0 aliphatic carbocycles. The first-order chi connectivity index (χ1) is 9.08.